The molecule has 0 saturated carbocycles. The number of hydrogen-bond acceptors (Lipinski definition) is 3. The van der Waals surface area contributed by atoms with Crippen LogP contribution in [0.4, 0.5) is 0 Å². The molecule has 0 fully saturated rings. The zero-order chi connectivity index (χ0) is 12.7. The highest BCUT2D eigenvalue weighted by atomic mass is 79.9. The van der Waals surface area contributed by atoms with E-state index in [4.69, 9.17) is 9.84 Å². The Hall–Kier alpha value is -0.910. The number of hydrogen-bond donors (Lipinski definition) is 2. The molecule has 1 amide bonds. The molecule has 0 aliphatic rings. The molecule has 0 radical (unpaired) electrons. The summed E-state index contributed by atoms with van der Waals surface area (Å²) in [4.78, 5) is 11.7. The molecular weight excluding hydrogens is 286 g/mol. The number of aryl methyl sites for hydroxylation is 1. The topological polar surface area (TPSA) is 58.6 Å². The van der Waals surface area contributed by atoms with E-state index in [1.54, 1.807) is 6.07 Å². The van der Waals surface area contributed by atoms with Gasteiger partial charge in [0.05, 0.1) is 19.8 Å². The minimum atomic E-state index is -0.123. The summed E-state index contributed by atoms with van der Waals surface area (Å²) in [6.07, 6.45) is 0. The maximum Gasteiger partial charge on any atom is 0.251 e. The van der Waals surface area contributed by atoms with Crippen LogP contribution in [0.2, 0.25) is 0 Å². The van der Waals surface area contributed by atoms with Gasteiger partial charge in [0.15, 0.2) is 0 Å². The van der Waals surface area contributed by atoms with Gasteiger partial charge >= 0.3 is 0 Å². The zero-order valence-corrected chi connectivity index (χ0v) is 11.3. The first-order valence-corrected chi connectivity index (χ1v) is 6.17. The van der Waals surface area contributed by atoms with E-state index in [9.17, 15) is 4.79 Å². The maximum atomic E-state index is 11.7. The first-order valence-electron chi connectivity index (χ1n) is 5.37. The molecule has 0 aromatic heterocycles. The number of aliphatic hydroxyl groups is 1. The third kappa shape index (κ3) is 5.30. The Morgan fingerprint density at radius 1 is 1.41 bits per heavy atom. The lowest BCUT2D eigenvalue weighted by Crippen LogP contribution is -2.27. The smallest absolute Gasteiger partial charge is 0.251 e. The Balaban J connectivity index is 2.41. The van der Waals surface area contributed by atoms with Gasteiger partial charge in [-0.25, -0.2) is 0 Å². The van der Waals surface area contributed by atoms with Gasteiger partial charge in [0.1, 0.15) is 0 Å². The summed E-state index contributed by atoms with van der Waals surface area (Å²) in [5, 5.41) is 11.2. The van der Waals surface area contributed by atoms with Gasteiger partial charge in [-0.3, -0.25) is 4.79 Å². The SMILES string of the molecule is Cc1cc(Br)cc(C(=O)NCCOCCO)c1. The predicted octanol–water partition coefficient (Wildman–Crippen LogP) is 1.50. The standard InChI is InChI=1S/C12H16BrNO3/c1-9-6-10(8-11(13)7-9)12(16)14-2-4-17-5-3-15/h6-8,15H,2-5H2,1H3,(H,14,16). The van der Waals surface area contributed by atoms with Gasteiger partial charge in [0.2, 0.25) is 0 Å². The van der Waals surface area contributed by atoms with Crippen LogP contribution in [0.3, 0.4) is 0 Å². The average Bonchev–Trinajstić information content (AvgIpc) is 2.27. The van der Waals surface area contributed by atoms with Gasteiger partial charge in [0, 0.05) is 16.6 Å². The predicted molar refractivity (Wildman–Crippen MR) is 69.1 cm³/mol. The number of carbonyl (C=O) groups is 1. The molecule has 0 atom stereocenters. The molecule has 0 bridgehead atoms. The summed E-state index contributed by atoms with van der Waals surface area (Å²) < 4.78 is 5.93. The number of rotatable bonds is 6. The number of benzene rings is 1. The van der Waals surface area contributed by atoms with E-state index in [0.717, 1.165) is 10.0 Å². The van der Waals surface area contributed by atoms with Crippen LogP contribution >= 0.6 is 15.9 Å². The summed E-state index contributed by atoms with van der Waals surface area (Å²) in [5.74, 6) is -0.123. The van der Waals surface area contributed by atoms with Crippen molar-refractivity contribution in [1.29, 1.82) is 0 Å². The van der Waals surface area contributed by atoms with E-state index in [2.05, 4.69) is 21.2 Å². The van der Waals surface area contributed by atoms with E-state index in [1.165, 1.54) is 0 Å². The van der Waals surface area contributed by atoms with Gasteiger partial charge < -0.3 is 15.2 Å². The molecule has 4 nitrogen and oxygen atoms in total. The molecule has 94 valence electrons. The number of aliphatic hydroxyl groups excluding tert-OH is 1. The highest BCUT2D eigenvalue weighted by Crippen LogP contribution is 2.15. The third-order valence-corrected chi connectivity index (χ3v) is 2.53. The molecule has 0 spiro atoms. The van der Waals surface area contributed by atoms with Crippen molar-refractivity contribution in [2.45, 2.75) is 6.92 Å². The van der Waals surface area contributed by atoms with Crippen LogP contribution in [0.25, 0.3) is 0 Å². The molecule has 1 rings (SSSR count). The monoisotopic (exact) mass is 301 g/mol. The second-order valence-corrected chi connectivity index (χ2v) is 4.52. The highest BCUT2D eigenvalue weighted by Gasteiger charge is 2.06. The van der Waals surface area contributed by atoms with Gasteiger partial charge in [-0.1, -0.05) is 15.9 Å². The van der Waals surface area contributed by atoms with Crippen LogP contribution in [-0.4, -0.2) is 37.4 Å². The molecule has 0 aliphatic carbocycles. The van der Waals surface area contributed by atoms with Gasteiger partial charge in [-0.15, -0.1) is 0 Å². The minimum Gasteiger partial charge on any atom is -0.394 e. The molecule has 0 aliphatic heterocycles. The van der Waals surface area contributed by atoms with Crippen molar-refractivity contribution in [3.63, 3.8) is 0 Å². The summed E-state index contributed by atoms with van der Waals surface area (Å²) in [6, 6.07) is 5.55. The quantitative estimate of drug-likeness (QED) is 0.783. The third-order valence-electron chi connectivity index (χ3n) is 2.07. The second-order valence-electron chi connectivity index (χ2n) is 3.61. The van der Waals surface area contributed by atoms with Crippen molar-refractivity contribution < 1.29 is 14.6 Å². The van der Waals surface area contributed by atoms with Crippen LogP contribution in [-0.2, 0) is 4.74 Å². The van der Waals surface area contributed by atoms with E-state index in [0.29, 0.717) is 25.3 Å². The first-order chi connectivity index (χ1) is 8.13. The van der Waals surface area contributed by atoms with E-state index >= 15 is 0 Å². The fourth-order valence-corrected chi connectivity index (χ4v) is 1.98. The summed E-state index contributed by atoms with van der Waals surface area (Å²) in [5.41, 5.74) is 1.65. The number of nitrogens with one attached hydrogen (secondary N) is 1. The highest BCUT2D eigenvalue weighted by molar-refractivity contribution is 9.10. The van der Waals surface area contributed by atoms with Crippen LogP contribution in [0.15, 0.2) is 22.7 Å². The maximum absolute atomic E-state index is 11.7. The second kappa shape index (κ2) is 7.42. The van der Waals surface area contributed by atoms with Crippen LogP contribution in [0.5, 0.6) is 0 Å². The lowest BCUT2D eigenvalue weighted by Gasteiger charge is -2.07. The summed E-state index contributed by atoms with van der Waals surface area (Å²) in [7, 11) is 0. The first kappa shape index (κ1) is 14.2. The van der Waals surface area contributed by atoms with Crippen molar-refractivity contribution in [3.8, 4) is 0 Å². The minimum absolute atomic E-state index is 0.00122. The summed E-state index contributed by atoms with van der Waals surface area (Å²) >= 11 is 3.35. The van der Waals surface area contributed by atoms with Crippen LogP contribution in [0.1, 0.15) is 15.9 Å². The number of amides is 1. The molecule has 0 unspecified atom stereocenters. The Morgan fingerprint density at radius 3 is 2.82 bits per heavy atom. The largest absolute Gasteiger partial charge is 0.394 e. The van der Waals surface area contributed by atoms with Crippen LogP contribution in [0, 0.1) is 6.92 Å². The van der Waals surface area contributed by atoms with Crippen molar-refractivity contribution in [3.05, 3.63) is 33.8 Å². The fourth-order valence-electron chi connectivity index (χ4n) is 1.37. The van der Waals surface area contributed by atoms with Crippen molar-refractivity contribution in [1.82, 2.24) is 5.32 Å². The van der Waals surface area contributed by atoms with Crippen molar-refractivity contribution in [2.24, 2.45) is 0 Å². The Bertz CT molecular complexity index is 362. The Labute approximate surface area is 109 Å². The Morgan fingerprint density at radius 2 is 2.18 bits per heavy atom. The zero-order valence-electron chi connectivity index (χ0n) is 9.70. The summed E-state index contributed by atoms with van der Waals surface area (Å²) in [6.45, 7) is 3.07. The van der Waals surface area contributed by atoms with Crippen molar-refractivity contribution >= 4 is 21.8 Å². The van der Waals surface area contributed by atoms with E-state index in [1.807, 2.05) is 19.1 Å². The molecule has 1 aromatic rings. The van der Waals surface area contributed by atoms with Crippen LogP contribution < -0.4 is 5.32 Å². The normalized spacial score (nSPS) is 10.3. The van der Waals surface area contributed by atoms with E-state index < -0.39 is 0 Å². The lowest BCUT2D eigenvalue weighted by atomic mass is 10.1. The van der Waals surface area contributed by atoms with E-state index in [-0.39, 0.29) is 12.5 Å². The molecule has 5 heteroatoms. The molecular formula is C12H16BrNO3. The molecule has 2 N–H and O–H groups in total. The van der Waals surface area contributed by atoms with Gasteiger partial charge in [-0.2, -0.15) is 0 Å². The average molecular weight is 302 g/mol. The van der Waals surface area contributed by atoms with Gasteiger partial charge in [0.25, 0.3) is 5.91 Å². The molecule has 0 saturated heterocycles. The fraction of sp³-hybridized carbons (Fsp3) is 0.417. The number of halogens is 1. The number of ether oxygens (including phenoxy) is 1. The molecule has 1 aromatic carbocycles. The lowest BCUT2D eigenvalue weighted by molar-refractivity contribution is 0.0838. The molecule has 17 heavy (non-hydrogen) atoms. The van der Waals surface area contributed by atoms with Gasteiger partial charge in [-0.05, 0) is 30.7 Å². The number of carbonyl (C=O) groups excluding carboxylic acids is 1. The Kier molecular flexibility index (Phi) is 6.18. The van der Waals surface area contributed by atoms with Crippen molar-refractivity contribution in [2.75, 3.05) is 26.4 Å². The molecule has 0 heterocycles.